The maximum absolute atomic E-state index is 10.0. The molecule has 0 unspecified atom stereocenters. The van der Waals surface area contributed by atoms with E-state index in [2.05, 4.69) is 6.07 Å². The summed E-state index contributed by atoms with van der Waals surface area (Å²) < 4.78 is 0. The van der Waals surface area contributed by atoms with Crippen molar-refractivity contribution in [1.29, 1.82) is 0 Å². The van der Waals surface area contributed by atoms with Gasteiger partial charge in [-0.05, 0) is 62.3 Å². The van der Waals surface area contributed by atoms with Crippen LogP contribution in [0.1, 0.15) is 110 Å². The van der Waals surface area contributed by atoms with E-state index >= 15 is 0 Å². The number of carboxylic acids is 3. The van der Waals surface area contributed by atoms with Gasteiger partial charge in [-0.15, -0.1) is 0 Å². The number of rotatable bonds is 0. The molecule has 0 fully saturated rings. The maximum atomic E-state index is 10.0. The van der Waals surface area contributed by atoms with E-state index in [4.69, 9.17) is 15.3 Å². The first-order chi connectivity index (χ1) is 15.3. The van der Waals surface area contributed by atoms with Crippen molar-refractivity contribution >= 4 is 17.9 Å². The van der Waals surface area contributed by atoms with E-state index in [-0.39, 0.29) is 21.7 Å². The second-order valence-electron chi connectivity index (χ2n) is 12.2. The van der Waals surface area contributed by atoms with E-state index in [0.717, 1.165) is 0 Å². The quantitative estimate of drug-likeness (QED) is 0.262. The van der Waals surface area contributed by atoms with E-state index in [1.807, 2.05) is 0 Å². The topological polar surface area (TPSA) is 112 Å². The smallest absolute Gasteiger partial charge is 0.308 e. The molecule has 0 amide bonds. The summed E-state index contributed by atoms with van der Waals surface area (Å²) in [4.78, 5) is 30.1. The van der Waals surface area contributed by atoms with Crippen molar-refractivity contribution in [2.75, 3.05) is 0 Å². The van der Waals surface area contributed by atoms with E-state index in [0.29, 0.717) is 0 Å². The summed E-state index contributed by atoms with van der Waals surface area (Å²) in [6.45, 7) is 15.0. The second kappa shape index (κ2) is 14.9. The molecule has 0 atom stereocenters. The number of carboxylic acid groups (broad SMARTS) is 3. The van der Waals surface area contributed by atoms with Crippen LogP contribution in [0.3, 0.4) is 0 Å². The monoisotopic (exact) mass is 527 g/mol. The molecular weight excluding hydrogens is 480 g/mol. The molecule has 0 aromatic heterocycles. The van der Waals surface area contributed by atoms with Gasteiger partial charge in [0, 0.05) is 21.7 Å². The summed E-state index contributed by atoms with van der Waals surface area (Å²) >= 11 is 0. The average Bonchev–Trinajstić information content (AvgIpc) is 3.06. The van der Waals surface area contributed by atoms with Crippen LogP contribution in [0.15, 0.2) is 6.07 Å². The zero-order valence-electron chi connectivity index (χ0n) is 23.3. The van der Waals surface area contributed by atoms with Gasteiger partial charge in [0.05, 0.1) is 16.2 Å². The van der Waals surface area contributed by atoms with Gasteiger partial charge in [-0.1, -0.05) is 51.4 Å². The van der Waals surface area contributed by atoms with Crippen molar-refractivity contribution in [3.63, 3.8) is 0 Å². The third kappa shape index (κ3) is 14.0. The number of fused-ring (bicyclic) bond motifs is 3. The Hall–Kier alpha value is -1.53. The van der Waals surface area contributed by atoms with Crippen molar-refractivity contribution in [3.8, 4) is 0 Å². The van der Waals surface area contributed by atoms with Gasteiger partial charge in [-0.3, -0.25) is 14.4 Å². The van der Waals surface area contributed by atoms with Gasteiger partial charge < -0.3 is 15.3 Å². The van der Waals surface area contributed by atoms with E-state index in [1.54, 1.807) is 84.6 Å². The zero-order chi connectivity index (χ0) is 26.9. The Morgan fingerprint density at radius 3 is 0.943 bits per heavy atom. The molecule has 0 saturated carbocycles. The van der Waals surface area contributed by atoms with Gasteiger partial charge in [0.2, 0.25) is 0 Å². The van der Waals surface area contributed by atoms with Gasteiger partial charge >= 0.3 is 17.9 Å². The molecule has 0 radical (unpaired) electrons. The summed E-state index contributed by atoms with van der Waals surface area (Å²) in [5.74, 6) is -2.27. The van der Waals surface area contributed by atoms with Crippen LogP contribution in [-0.4, -0.2) is 33.2 Å². The molecule has 6 nitrogen and oxygen atoms in total. The molecule has 3 rings (SSSR count). The zero-order valence-corrected chi connectivity index (χ0v) is 24.9. The molecule has 2 aliphatic carbocycles. The third-order valence-corrected chi connectivity index (χ3v) is 5.66. The summed E-state index contributed by atoms with van der Waals surface area (Å²) in [5, 5.41) is 24.8. The minimum Gasteiger partial charge on any atom is -0.481 e. The van der Waals surface area contributed by atoms with Gasteiger partial charge in [0.1, 0.15) is 0 Å². The first-order valence-corrected chi connectivity index (χ1v) is 12.3. The molecular formula is C28H47O6Ti-. The van der Waals surface area contributed by atoms with Gasteiger partial charge in [0.25, 0.3) is 0 Å². The van der Waals surface area contributed by atoms with Crippen LogP contribution in [0.4, 0.5) is 0 Å². The van der Waals surface area contributed by atoms with E-state index in [9.17, 15) is 14.4 Å². The molecule has 0 aliphatic heterocycles. The van der Waals surface area contributed by atoms with Crippen molar-refractivity contribution in [2.45, 2.75) is 114 Å². The van der Waals surface area contributed by atoms with Gasteiger partial charge in [-0.25, -0.2) is 0 Å². The van der Waals surface area contributed by atoms with Crippen LogP contribution in [0.25, 0.3) is 0 Å². The molecule has 1 aromatic carbocycles. The standard InChI is InChI=1S/C13H17.3C5H10O2.Ti/c1-3-7-12-10(5-1)9-11-6-2-4-8-13(11)12;3*1-5(2,3)4(6)7;/h9H,1-8H2;3*1-3H3,(H,6,7);/q-1;;;;. The molecule has 0 bridgehead atoms. The summed E-state index contributed by atoms with van der Waals surface area (Å²) in [5.41, 5.74) is 5.19. The molecule has 200 valence electrons. The van der Waals surface area contributed by atoms with Crippen molar-refractivity contribution in [2.24, 2.45) is 16.2 Å². The second-order valence-corrected chi connectivity index (χ2v) is 12.2. The number of hydrogen-bond donors (Lipinski definition) is 3. The molecule has 7 heteroatoms. The Morgan fingerprint density at radius 2 is 0.743 bits per heavy atom. The Balaban J connectivity index is 0. The van der Waals surface area contributed by atoms with Gasteiger partial charge in [-0.2, -0.15) is 28.3 Å². The maximum Gasteiger partial charge on any atom is 0.308 e. The normalized spacial score (nSPS) is 14.5. The van der Waals surface area contributed by atoms with Crippen LogP contribution in [0.5, 0.6) is 0 Å². The number of aliphatic carboxylic acids is 3. The molecule has 35 heavy (non-hydrogen) atoms. The summed E-state index contributed by atoms with van der Waals surface area (Å²) in [6.07, 6.45) is 11.2. The Morgan fingerprint density at radius 1 is 0.543 bits per heavy atom. The van der Waals surface area contributed by atoms with Crippen LogP contribution < -0.4 is 0 Å². The fourth-order valence-corrected chi connectivity index (χ4v) is 3.08. The molecule has 2 aliphatic rings. The summed E-state index contributed by atoms with van der Waals surface area (Å²) in [7, 11) is 0. The Kier molecular flexibility index (Phi) is 15.2. The number of carbonyl (C=O) groups is 3. The van der Waals surface area contributed by atoms with Gasteiger partial charge in [0.15, 0.2) is 0 Å². The van der Waals surface area contributed by atoms with Crippen LogP contribution in [0.2, 0.25) is 0 Å². The molecule has 1 aromatic rings. The molecule has 0 heterocycles. The van der Waals surface area contributed by atoms with Crippen molar-refractivity contribution < 1.29 is 51.4 Å². The average molecular weight is 528 g/mol. The molecule has 0 spiro atoms. The predicted octanol–water partition coefficient (Wildman–Crippen LogP) is 6.51. The fourth-order valence-electron chi connectivity index (χ4n) is 3.08. The van der Waals surface area contributed by atoms with Crippen LogP contribution in [-0.2, 0) is 61.8 Å². The predicted molar refractivity (Wildman–Crippen MR) is 137 cm³/mol. The van der Waals surface area contributed by atoms with Crippen molar-refractivity contribution in [3.05, 3.63) is 28.3 Å². The Bertz CT molecular complexity index is 729. The summed E-state index contributed by atoms with van der Waals surface area (Å²) in [6, 6.07) is 2.52. The first-order valence-electron chi connectivity index (χ1n) is 12.3. The first kappa shape index (κ1) is 35.6. The largest absolute Gasteiger partial charge is 0.481 e. The Labute approximate surface area is 227 Å². The van der Waals surface area contributed by atoms with E-state index in [1.165, 1.54) is 51.4 Å². The molecule has 3 N–H and O–H groups in total. The van der Waals surface area contributed by atoms with Crippen LogP contribution in [0, 0.1) is 16.2 Å². The third-order valence-electron chi connectivity index (χ3n) is 5.66. The minimum absolute atomic E-state index is 0. The van der Waals surface area contributed by atoms with E-state index < -0.39 is 34.2 Å². The number of hydrogen-bond acceptors (Lipinski definition) is 3. The SMILES string of the molecule is CC(C)(C)C(=O)O.CC(C)(C)C(=O)O.CC(C)(C)C(=O)O.[Ti].[cH-]1c2c(c3c1CCCC3)CCCC2. The number of aryl methyl sites for hydroxylation is 2. The van der Waals surface area contributed by atoms with Crippen LogP contribution >= 0.6 is 0 Å². The van der Waals surface area contributed by atoms with Crippen molar-refractivity contribution in [1.82, 2.24) is 0 Å². The fraction of sp³-hybridized carbons (Fsp3) is 0.714. The minimum atomic E-state index is -0.757. The molecule has 0 saturated heterocycles.